The van der Waals surface area contributed by atoms with Gasteiger partial charge in [0, 0.05) is 24.7 Å². The minimum Gasteiger partial charge on any atom is -0.378 e. The van der Waals surface area contributed by atoms with E-state index in [1.54, 1.807) is 12.3 Å². The van der Waals surface area contributed by atoms with E-state index in [0.717, 1.165) is 25.0 Å². The molecule has 170 valence electrons. The van der Waals surface area contributed by atoms with Gasteiger partial charge < -0.3 is 20.7 Å². The van der Waals surface area contributed by atoms with Crippen LogP contribution in [0.1, 0.15) is 25.3 Å². The topological polar surface area (TPSA) is 94.1 Å². The van der Waals surface area contributed by atoms with Gasteiger partial charge in [0.2, 0.25) is 5.95 Å². The first-order valence-corrected chi connectivity index (χ1v) is 10.5. The molecule has 3 heterocycles. The molecule has 0 unspecified atom stereocenters. The van der Waals surface area contributed by atoms with Crippen LogP contribution < -0.4 is 16.0 Å². The van der Waals surface area contributed by atoms with Crippen LogP contribution in [0, 0.1) is 0 Å². The third kappa shape index (κ3) is 3.97. The number of nitrogens with two attached hydrogens (primary N) is 1. The fourth-order valence-corrected chi connectivity index (χ4v) is 4.33. The van der Waals surface area contributed by atoms with Gasteiger partial charge in [0.15, 0.2) is 5.65 Å². The highest BCUT2D eigenvalue weighted by atomic mass is 19.4. The van der Waals surface area contributed by atoms with Gasteiger partial charge >= 0.3 is 6.18 Å². The molecule has 1 saturated carbocycles. The highest BCUT2D eigenvalue weighted by molar-refractivity contribution is 5.89. The Balaban J connectivity index is 1.58. The lowest BCUT2D eigenvalue weighted by Crippen LogP contribution is -2.54. The van der Waals surface area contributed by atoms with Crippen LogP contribution in [0.15, 0.2) is 30.5 Å². The Bertz CT molecular complexity index is 1130. The van der Waals surface area contributed by atoms with E-state index in [4.69, 9.17) is 15.5 Å². The molecular weight excluding hydrogens is 423 g/mol. The fraction of sp³-hybridized carbons (Fsp3) is 0.476. The summed E-state index contributed by atoms with van der Waals surface area (Å²) in [5.41, 5.74) is 5.90. The van der Waals surface area contributed by atoms with Crippen molar-refractivity contribution < 1.29 is 17.9 Å². The zero-order valence-electron chi connectivity index (χ0n) is 17.6. The van der Waals surface area contributed by atoms with Crippen molar-refractivity contribution in [3.8, 4) is 5.69 Å². The second-order valence-corrected chi connectivity index (χ2v) is 8.72. The minimum absolute atomic E-state index is 0.143. The number of alkyl halides is 3. The number of halogens is 3. The molecule has 1 saturated heterocycles. The first-order valence-electron chi connectivity index (χ1n) is 10.5. The third-order valence-corrected chi connectivity index (χ3v) is 5.90. The highest BCUT2D eigenvalue weighted by Crippen LogP contribution is 2.34. The van der Waals surface area contributed by atoms with Gasteiger partial charge in [0.25, 0.3) is 0 Å². The Hall–Kier alpha value is -2.92. The van der Waals surface area contributed by atoms with E-state index >= 15 is 0 Å². The molecule has 11 heteroatoms. The zero-order valence-corrected chi connectivity index (χ0v) is 17.6. The van der Waals surface area contributed by atoms with E-state index in [1.807, 2.05) is 6.92 Å². The Morgan fingerprint density at radius 1 is 1.19 bits per heavy atom. The zero-order chi connectivity index (χ0) is 22.5. The minimum atomic E-state index is -4.45. The van der Waals surface area contributed by atoms with Gasteiger partial charge in [-0.15, -0.1) is 0 Å². The van der Waals surface area contributed by atoms with Crippen LogP contribution in [0.25, 0.3) is 16.7 Å². The second-order valence-electron chi connectivity index (χ2n) is 8.72. The molecule has 1 aromatic carbocycles. The molecule has 2 fully saturated rings. The average Bonchev–Trinajstić information content (AvgIpc) is 3.16. The Kier molecular flexibility index (Phi) is 4.97. The summed E-state index contributed by atoms with van der Waals surface area (Å²) < 4.78 is 46.6. The maximum Gasteiger partial charge on any atom is 0.416 e. The summed E-state index contributed by atoms with van der Waals surface area (Å²) in [6.07, 6.45) is -1.27. The largest absolute Gasteiger partial charge is 0.416 e. The molecule has 0 amide bonds. The first kappa shape index (κ1) is 21.0. The summed E-state index contributed by atoms with van der Waals surface area (Å²) in [7, 11) is 0. The standard InChI is InChI=1S/C21H24F3N7O/c1-20(25)10-14(11-20)27-19-28-17(30-5-7-32-8-6-30)16-12-26-31(18(16)29-19)15-4-2-3-13(9-15)21(22,23)24/h2-4,9,12,14H,5-8,10-11,25H2,1H3,(H,27,28,29). The molecule has 0 bridgehead atoms. The molecule has 3 N–H and O–H groups in total. The fourth-order valence-electron chi connectivity index (χ4n) is 4.33. The molecule has 0 spiro atoms. The second kappa shape index (κ2) is 7.59. The Labute approximate surface area is 182 Å². The number of ether oxygens (including phenoxy) is 1. The SMILES string of the molecule is CC1(N)CC(Nc2nc(N3CCOCC3)c3cnn(-c4cccc(C(F)(F)F)c4)c3n2)C1. The van der Waals surface area contributed by atoms with Crippen molar-refractivity contribution >= 4 is 22.8 Å². The number of nitrogens with zero attached hydrogens (tertiary/aromatic N) is 5. The number of benzene rings is 1. The average molecular weight is 447 g/mol. The van der Waals surface area contributed by atoms with Crippen LogP contribution in [-0.2, 0) is 10.9 Å². The number of nitrogens with one attached hydrogen (secondary N) is 1. The lowest BCUT2D eigenvalue weighted by Gasteiger charge is -2.42. The molecular formula is C21H24F3N7O. The number of hydrogen-bond donors (Lipinski definition) is 2. The summed E-state index contributed by atoms with van der Waals surface area (Å²) in [4.78, 5) is 11.4. The highest BCUT2D eigenvalue weighted by Gasteiger charge is 2.37. The molecule has 32 heavy (non-hydrogen) atoms. The molecule has 2 aliphatic rings. The number of anilines is 2. The summed E-state index contributed by atoms with van der Waals surface area (Å²) in [6, 6.07) is 5.20. The van der Waals surface area contributed by atoms with Crippen LogP contribution in [-0.4, -0.2) is 57.6 Å². The lowest BCUT2D eigenvalue weighted by atomic mass is 9.75. The molecule has 5 rings (SSSR count). The van der Waals surface area contributed by atoms with Gasteiger partial charge in [-0.25, -0.2) is 4.68 Å². The van der Waals surface area contributed by atoms with Crippen molar-refractivity contribution in [3.05, 3.63) is 36.0 Å². The quantitative estimate of drug-likeness (QED) is 0.635. The molecule has 2 aromatic heterocycles. The summed E-state index contributed by atoms with van der Waals surface area (Å²) in [5, 5.41) is 8.36. The van der Waals surface area contributed by atoms with Crippen molar-refractivity contribution in [2.24, 2.45) is 5.73 Å². The monoisotopic (exact) mass is 447 g/mol. The van der Waals surface area contributed by atoms with Gasteiger partial charge in [-0.1, -0.05) is 6.07 Å². The van der Waals surface area contributed by atoms with E-state index in [0.29, 0.717) is 49.1 Å². The van der Waals surface area contributed by atoms with E-state index < -0.39 is 11.7 Å². The van der Waals surface area contributed by atoms with E-state index in [1.165, 1.54) is 10.7 Å². The van der Waals surface area contributed by atoms with E-state index in [2.05, 4.69) is 20.3 Å². The Morgan fingerprint density at radius 3 is 2.62 bits per heavy atom. The maximum absolute atomic E-state index is 13.3. The van der Waals surface area contributed by atoms with Gasteiger partial charge in [0.1, 0.15) is 5.82 Å². The Morgan fingerprint density at radius 2 is 1.94 bits per heavy atom. The molecule has 3 aromatic rings. The van der Waals surface area contributed by atoms with Crippen LogP contribution in [0.5, 0.6) is 0 Å². The van der Waals surface area contributed by atoms with Crippen molar-refractivity contribution in [2.75, 3.05) is 36.5 Å². The van der Waals surface area contributed by atoms with E-state index in [-0.39, 0.29) is 17.3 Å². The number of fused-ring (bicyclic) bond motifs is 1. The lowest BCUT2D eigenvalue weighted by molar-refractivity contribution is -0.137. The van der Waals surface area contributed by atoms with Gasteiger partial charge in [-0.05, 0) is 38.0 Å². The molecule has 0 radical (unpaired) electrons. The van der Waals surface area contributed by atoms with Gasteiger partial charge in [-0.2, -0.15) is 28.2 Å². The molecule has 1 aliphatic heterocycles. The maximum atomic E-state index is 13.3. The van der Waals surface area contributed by atoms with Crippen LogP contribution in [0.4, 0.5) is 24.9 Å². The molecule has 1 aliphatic carbocycles. The molecule has 0 atom stereocenters. The number of morpholine rings is 1. The predicted octanol–water partition coefficient (Wildman–Crippen LogP) is 2.96. The van der Waals surface area contributed by atoms with Crippen molar-refractivity contribution in [2.45, 2.75) is 37.5 Å². The van der Waals surface area contributed by atoms with Gasteiger partial charge in [-0.3, -0.25) is 0 Å². The normalized spacial score (nSPS) is 23.9. The van der Waals surface area contributed by atoms with E-state index in [9.17, 15) is 13.2 Å². The summed E-state index contributed by atoms with van der Waals surface area (Å²) in [5.74, 6) is 1.10. The number of aromatic nitrogens is 4. The first-order chi connectivity index (χ1) is 15.2. The summed E-state index contributed by atoms with van der Waals surface area (Å²) >= 11 is 0. The number of hydrogen-bond acceptors (Lipinski definition) is 7. The van der Waals surface area contributed by atoms with Crippen molar-refractivity contribution in [1.29, 1.82) is 0 Å². The van der Waals surface area contributed by atoms with Crippen LogP contribution >= 0.6 is 0 Å². The predicted molar refractivity (Wildman–Crippen MR) is 114 cm³/mol. The van der Waals surface area contributed by atoms with Gasteiger partial charge in [0.05, 0.1) is 36.0 Å². The summed E-state index contributed by atoms with van der Waals surface area (Å²) in [6.45, 7) is 4.46. The van der Waals surface area contributed by atoms with Crippen molar-refractivity contribution in [1.82, 2.24) is 19.7 Å². The van der Waals surface area contributed by atoms with Crippen LogP contribution in [0.2, 0.25) is 0 Å². The number of rotatable bonds is 4. The van der Waals surface area contributed by atoms with Crippen molar-refractivity contribution in [3.63, 3.8) is 0 Å². The third-order valence-electron chi connectivity index (χ3n) is 5.90. The van der Waals surface area contributed by atoms with Crippen LogP contribution in [0.3, 0.4) is 0 Å². The molecule has 8 nitrogen and oxygen atoms in total. The smallest absolute Gasteiger partial charge is 0.378 e.